The molecule has 0 aromatic carbocycles. The van der Waals surface area contributed by atoms with Crippen LogP contribution in [-0.4, -0.2) is 33.4 Å². The molecule has 0 saturated heterocycles. The van der Waals surface area contributed by atoms with Gasteiger partial charge in [0.25, 0.3) is 0 Å². The Labute approximate surface area is 141 Å². The molecule has 0 fully saturated rings. The maximum Gasteiger partial charge on any atom is 1.00 e. The summed E-state index contributed by atoms with van der Waals surface area (Å²) in [4.78, 5) is 32.5. The zero-order chi connectivity index (χ0) is 15.5. The third-order valence-corrected chi connectivity index (χ3v) is 1.86. The van der Waals surface area contributed by atoms with Crippen LogP contribution in [0.4, 0.5) is 0 Å². The fraction of sp³-hybridized carbons (Fsp3) is 0.727. The minimum atomic E-state index is -4.64. The molecule has 0 bridgehead atoms. The molecule has 3 N–H and O–H groups in total. The standard InChI is InChI=1S/C11H19O3.Na.H3O4P/c1-4-6-10(12)7-5-8-14-11(13)9(2)3;;1-5(2,3)4/h10H,2,4-8H2,1,3H3;;(H3,1,2,3,4)/q-1;+1;. The maximum atomic E-state index is 11.1. The van der Waals surface area contributed by atoms with Gasteiger partial charge in [-0.3, -0.25) is 0 Å². The van der Waals surface area contributed by atoms with Crippen molar-refractivity contribution in [3.63, 3.8) is 0 Å². The van der Waals surface area contributed by atoms with E-state index >= 15 is 0 Å². The molecule has 0 amide bonds. The van der Waals surface area contributed by atoms with Gasteiger partial charge in [0.1, 0.15) is 0 Å². The Bertz CT molecular complexity index is 308. The summed E-state index contributed by atoms with van der Waals surface area (Å²) in [5.74, 6) is -0.372. The van der Waals surface area contributed by atoms with Gasteiger partial charge in [0.05, 0.1) is 6.61 Å². The molecule has 0 radical (unpaired) electrons. The number of ether oxygens (including phenoxy) is 1. The third kappa shape index (κ3) is 26.8. The van der Waals surface area contributed by atoms with Crippen LogP contribution >= 0.6 is 7.82 Å². The van der Waals surface area contributed by atoms with Crippen LogP contribution in [0.2, 0.25) is 0 Å². The average molecular weight is 320 g/mol. The number of carbonyl (C=O) groups excluding carboxylic acids is 1. The summed E-state index contributed by atoms with van der Waals surface area (Å²) in [5.41, 5.74) is 0.400. The number of hydrogen-bond donors (Lipinski definition) is 3. The molecular weight excluding hydrogens is 298 g/mol. The number of hydrogen-bond acceptors (Lipinski definition) is 4. The summed E-state index contributed by atoms with van der Waals surface area (Å²) in [6.07, 6.45) is 2.34. The van der Waals surface area contributed by atoms with Gasteiger partial charge in [-0.2, -0.15) is 0 Å². The van der Waals surface area contributed by atoms with Crippen molar-refractivity contribution >= 4 is 13.8 Å². The third-order valence-electron chi connectivity index (χ3n) is 1.86. The van der Waals surface area contributed by atoms with E-state index in [0.717, 1.165) is 6.42 Å². The summed E-state index contributed by atoms with van der Waals surface area (Å²) in [6, 6.07) is 0. The Balaban J connectivity index is -0.000000414. The molecule has 1 unspecified atom stereocenters. The van der Waals surface area contributed by atoms with Gasteiger partial charge in [0.2, 0.25) is 0 Å². The van der Waals surface area contributed by atoms with Crippen molar-refractivity contribution in [1.29, 1.82) is 0 Å². The summed E-state index contributed by atoms with van der Waals surface area (Å²) >= 11 is 0. The minimum absolute atomic E-state index is 0. The summed E-state index contributed by atoms with van der Waals surface area (Å²) in [7, 11) is -4.64. The smallest absolute Gasteiger partial charge is 0.852 e. The number of esters is 1. The van der Waals surface area contributed by atoms with E-state index in [1.807, 2.05) is 6.92 Å². The van der Waals surface area contributed by atoms with Gasteiger partial charge >= 0.3 is 43.3 Å². The van der Waals surface area contributed by atoms with Crippen LogP contribution in [0.25, 0.3) is 0 Å². The fourth-order valence-corrected chi connectivity index (χ4v) is 1.07. The number of carbonyl (C=O) groups is 1. The Hall–Kier alpha value is 0.280. The van der Waals surface area contributed by atoms with Crippen LogP contribution in [0.5, 0.6) is 0 Å². The van der Waals surface area contributed by atoms with Gasteiger partial charge in [-0.05, 0) is 13.3 Å². The Morgan fingerprint density at radius 2 is 1.80 bits per heavy atom. The zero-order valence-electron chi connectivity index (χ0n) is 12.2. The Morgan fingerprint density at radius 3 is 2.15 bits per heavy atom. The maximum absolute atomic E-state index is 11.1. The first-order valence-electron chi connectivity index (χ1n) is 5.84. The first kappa shape index (κ1) is 25.2. The number of phosphoric acid groups is 1. The van der Waals surface area contributed by atoms with Crippen LogP contribution in [0.3, 0.4) is 0 Å². The normalized spacial score (nSPS) is 11.5. The first-order valence-corrected chi connectivity index (χ1v) is 7.41. The molecule has 0 aliphatic carbocycles. The van der Waals surface area contributed by atoms with E-state index in [-0.39, 0.29) is 35.5 Å². The van der Waals surface area contributed by atoms with Crippen molar-refractivity contribution in [3.8, 4) is 0 Å². The van der Waals surface area contributed by atoms with Crippen LogP contribution < -0.4 is 34.7 Å². The van der Waals surface area contributed by atoms with Gasteiger partial charge in [-0.1, -0.05) is 32.8 Å². The second kappa shape index (κ2) is 14.2. The number of rotatable bonds is 7. The average Bonchev–Trinajstić information content (AvgIpc) is 2.22. The topological polar surface area (TPSA) is 127 Å². The van der Waals surface area contributed by atoms with Crippen LogP contribution in [0, 0.1) is 0 Å². The molecule has 0 aliphatic heterocycles. The summed E-state index contributed by atoms with van der Waals surface area (Å²) < 4.78 is 13.7. The van der Waals surface area contributed by atoms with E-state index in [2.05, 4.69) is 6.58 Å². The van der Waals surface area contributed by atoms with Gasteiger partial charge in [-0.25, -0.2) is 9.36 Å². The van der Waals surface area contributed by atoms with E-state index in [4.69, 9.17) is 24.0 Å². The molecule has 0 aromatic heterocycles. The van der Waals surface area contributed by atoms with E-state index in [1.54, 1.807) is 6.92 Å². The first-order chi connectivity index (χ1) is 8.57. The molecule has 114 valence electrons. The van der Waals surface area contributed by atoms with Crippen LogP contribution in [0.15, 0.2) is 12.2 Å². The van der Waals surface area contributed by atoms with E-state index in [9.17, 15) is 9.90 Å². The molecule has 9 heteroatoms. The fourth-order valence-electron chi connectivity index (χ4n) is 1.07. The zero-order valence-corrected chi connectivity index (χ0v) is 15.1. The summed E-state index contributed by atoms with van der Waals surface area (Å²) in [5, 5.41) is 11.1. The van der Waals surface area contributed by atoms with Gasteiger partial charge < -0.3 is 24.5 Å². The Morgan fingerprint density at radius 1 is 1.35 bits per heavy atom. The molecule has 0 saturated carbocycles. The van der Waals surface area contributed by atoms with Crippen LogP contribution in [-0.2, 0) is 14.1 Å². The SMILES string of the molecule is C=C(C)C(=O)OCCCC([O-])CCC.O=P(O)(O)O.[Na+]. The monoisotopic (exact) mass is 320 g/mol. The van der Waals surface area contributed by atoms with Gasteiger partial charge in [0, 0.05) is 5.57 Å². The summed E-state index contributed by atoms with van der Waals surface area (Å²) in [6.45, 7) is 7.39. The van der Waals surface area contributed by atoms with Crippen LogP contribution in [0.1, 0.15) is 39.5 Å². The molecular formula is C11H22NaO7P. The predicted molar refractivity (Wildman–Crippen MR) is 68.0 cm³/mol. The quantitative estimate of drug-likeness (QED) is 0.155. The minimum Gasteiger partial charge on any atom is -0.852 e. The van der Waals surface area contributed by atoms with E-state index in [1.165, 1.54) is 0 Å². The van der Waals surface area contributed by atoms with Crippen molar-refractivity contribution in [1.82, 2.24) is 0 Å². The van der Waals surface area contributed by atoms with E-state index in [0.29, 0.717) is 31.4 Å². The van der Waals surface area contributed by atoms with Crippen molar-refractivity contribution in [2.24, 2.45) is 0 Å². The molecule has 7 nitrogen and oxygen atoms in total. The largest absolute Gasteiger partial charge is 1.00 e. The van der Waals surface area contributed by atoms with Crippen molar-refractivity contribution in [2.75, 3.05) is 6.61 Å². The predicted octanol–water partition coefficient (Wildman–Crippen LogP) is -2.51. The molecule has 0 rings (SSSR count). The molecule has 0 aromatic rings. The van der Waals surface area contributed by atoms with Gasteiger partial charge in [0.15, 0.2) is 0 Å². The molecule has 20 heavy (non-hydrogen) atoms. The Kier molecular flexibility index (Phi) is 18.0. The molecule has 0 spiro atoms. The second-order valence-electron chi connectivity index (χ2n) is 3.98. The second-order valence-corrected chi connectivity index (χ2v) is 5.01. The van der Waals surface area contributed by atoms with Crippen molar-refractivity contribution < 1.29 is 63.4 Å². The molecule has 0 aliphatic rings. The van der Waals surface area contributed by atoms with Crippen molar-refractivity contribution in [2.45, 2.75) is 45.6 Å². The molecule has 1 atom stereocenters. The van der Waals surface area contributed by atoms with Crippen molar-refractivity contribution in [3.05, 3.63) is 12.2 Å². The van der Waals surface area contributed by atoms with Gasteiger partial charge in [-0.15, -0.1) is 6.10 Å². The molecule has 0 heterocycles. The van der Waals surface area contributed by atoms with E-state index < -0.39 is 13.9 Å².